The van der Waals surface area contributed by atoms with E-state index in [4.69, 9.17) is 0 Å². The normalized spacial score (nSPS) is 12.1. The van der Waals surface area contributed by atoms with Gasteiger partial charge >= 0.3 is 11.9 Å². The zero-order valence-corrected chi connectivity index (χ0v) is 14.7. The van der Waals surface area contributed by atoms with Crippen molar-refractivity contribution in [2.24, 2.45) is 10.3 Å². The zero-order chi connectivity index (χ0) is 17.6. The molecule has 126 valence electrons. The molecule has 0 N–H and O–H groups in total. The molecule has 0 fully saturated rings. The van der Waals surface area contributed by atoms with Crippen molar-refractivity contribution in [1.82, 2.24) is 0 Å². The maximum Gasteiger partial charge on any atom is 0.326 e. The first-order chi connectivity index (χ1) is 10.8. The van der Waals surface area contributed by atoms with Crippen molar-refractivity contribution >= 4 is 38.8 Å². The number of sulfonamides is 1. The lowest BCUT2D eigenvalue weighted by Crippen LogP contribution is -2.32. The standard InChI is InChI=1S/C14H17NO6S2/c1-9-5-7-10(8-6-9)23(18,19)15-12(22-4)11(13(16)20-2)14(17)21-3/h5-8,11H,1-4H3. The summed E-state index contributed by atoms with van der Waals surface area (Å²) in [5.41, 5.74) is 0.889. The summed E-state index contributed by atoms with van der Waals surface area (Å²) in [5, 5.41) is -0.218. The Hall–Kier alpha value is -1.87. The lowest BCUT2D eigenvalue weighted by atomic mass is 10.2. The molecular weight excluding hydrogens is 342 g/mol. The van der Waals surface area contributed by atoms with E-state index >= 15 is 0 Å². The van der Waals surface area contributed by atoms with Crippen LogP contribution in [-0.4, -0.2) is 45.9 Å². The largest absolute Gasteiger partial charge is 0.468 e. The minimum atomic E-state index is -4.07. The first-order valence-corrected chi connectivity index (χ1v) is 9.04. The minimum absolute atomic E-state index is 0.0388. The van der Waals surface area contributed by atoms with Crippen LogP contribution < -0.4 is 0 Å². The number of carbonyl (C=O) groups is 2. The Balaban J connectivity index is 3.34. The molecule has 1 rings (SSSR count). The smallest absolute Gasteiger partial charge is 0.326 e. The van der Waals surface area contributed by atoms with E-state index < -0.39 is 27.9 Å². The second kappa shape index (κ2) is 8.11. The molecule has 0 atom stereocenters. The number of thioether (sulfide) groups is 1. The molecule has 0 aliphatic carbocycles. The van der Waals surface area contributed by atoms with Crippen LogP contribution >= 0.6 is 11.8 Å². The van der Waals surface area contributed by atoms with Crippen molar-refractivity contribution < 1.29 is 27.5 Å². The lowest BCUT2D eigenvalue weighted by Gasteiger charge is -2.13. The summed E-state index contributed by atoms with van der Waals surface area (Å²) < 4.78 is 37.3. The first kappa shape index (κ1) is 19.2. The number of esters is 2. The zero-order valence-electron chi connectivity index (χ0n) is 13.1. The van der Waals surface area contributed by atoms with Gasteiger partial charge in [-0.3, -0.25) is 9.59 Å². The van der Waals surface area contributed by atoms with Crippen LogP contribution in [-0.2, 0) is 29.1 Å². The van der Waals surface area contributed by atoms with E-state index in [1.165, 1.54) is 18.4 Å². The predicted molar refractivity (Wildman–Crippen MR) is 86.8 cm³/mol. The van der Waals surface area contributed by atoms with Crippen molar-refractivity contribution in [3.8, 4) is 0 Å². The fourth-order valence-electron chi connectivity index (χ4n) is 1.62. The topological polar surface area (TPSA) is 99.1 Å². The number of aryl methyl sites for hydroxylation is 1. The number of rotatable bonds is 5. The van der Waals surface area contributed by atoms with Crippen LogP contribution in [0.5, 0.6) is 0 Å². The number of hydrogen-bond acceptors (Lipinski definition) is 7. The third-order valence-electron chi connectivity index (χ3n) is 2.86. The van der Waals surface area contributed by atoms with E-state index in [0.717, 1.165) is 31.5 Å². The van der Waals surface area contributed by atoms with Gasteiger partial charge in [0.15, 0.2) is 0 Å². The Labute approximate surface area is 139 Å². The molecule has 0 bridgehead atoms. The third kappa shape index (κ3) is 4.80. The number of ether oxygens (including phenoxy) is 2. The summed E-state index contributed by atoms with van der Waals surface area (Å²) in [6.07, 6.45) is 1.50. The van der Waals surface area contributed by atoms with Crippen LogP contribution in [0.25, 0.3) is 0 Å². The highest BCUT2D eigenvalue weighted by molar-refractivity contribution is 8.14. The van der Waals surface area contributed by atoms with E-state index in [1.54, 1.807) is 12.1 Å². The van der Waals surface area contributed by atoms with E-state index in [2.05, 4.69) is 13.9 Å². The van der Waals surface area contributed by atoms with E-state index in [9.17, 15) is 18.0 Å². The van der Waals surface area contributed by atoms with E-state index in [0.29, 0.717) is 0 Å². The van der Waals surface area contributed by atoms with Gasteiger partial charge in [0.2, 0.25) is 5.92 Å². The predicted octanol–water partition coefficient (Wildman–Crippen LogP) is 1.41. The highest BCUT2D eigenvalue weighted by atomic mass is 32.2. The number of nitrogens with zero attached hydrogens (tertiary/aromatic N) is 1. The van der Waals surface area contributed by atoms with Gasteiger partial charge in [-0.05, 0) is 25.3 Å². The number of benzene rings is 1. The number of hydrogen-bond donors (Lipinski definition) is 0. The van der Waals surface area contributed by atoms with Crippen LogP contribution in [0.1, 0.15) is 5.56 Å². The van der Waals surface area contributed by atoms with Gasteiger partial charge in [-0.25, -0.2) is 0 Å². The lowest BCUT2D eigenvalue weighted by molar-refractivity contribution is -0.154. The van der Waals surface area contributed by atoms with Gasteiger partial charge < -0.3 is 9.47 Å². The van der Waals surface area contributed by atoms with Gasteiger partial charge in [0.1, 0.15) is 5.04 Å². The van der Waals surface area contributed by atoms with Crippen LogP contribution in [0, 0.1) is 12.8 Å². The molecule has 0 spiro atoms. The van der Waals surface area contributed by atoms with Crippen molar-refractivity contribution in [3.05, 3.63) is 29.8 Å². The van der Waals surface area contributed by atoms with Gasteiger partial charge in [0.05, 0.1) is 19.1 Å². The maximum atomic E-state index is 12.3. The van der Waals surface area contributed by atoms with Crippen LogP contribution in [0.15, 0.2) is 33.6 Å². The summed E-state index contributed by atoms with van der Waals surface area (Å²) in [6.45, 7) is 1.82. The van der Waals surface area contributed by atoms with Crippen molar-refractivity contribution in [1.29, 1.82) is 0 Å². The summed E-state index contributed by atoms with van der Waals surface area (Å²) >= 11 is 0.859. The molecule has 0 aliphatic heterocycles. The van der Waals surface area contributed by atoms with Crippen molar-refractivity contribution in [2.45, 2.75) is 11.8 Å². The molecule has 9 heteroatoms. The van der Waals surface area contributed by atoms with Gasteiger partial charge in [-0.15, -0.1) is 11.8 Å². The molecule has 0 unspecified atom stereocenters. The Bertz CT molecular complexity index is 693. The Morgan fingerprint density at radius 1 is 1.09 bits per heavy atom. The molecule has 7 nitrogen and oxygen atoms in total. The molecule has 0 saturated heterocycles. The minimum Gasteiger partial charge on any atom is -0.468 e. The van der Waals surface area contributed by atoms with Crippen molar-refractivity contribution in [3.63, 3.8) is 0 Å². The second-order valence-electron chi connectivity index (χ2n) is 4.40. The van der Waals surface area contributed by atoms with Crippen LogP contribution in [0.3, 0.4) is 0 Å². The number of carbonyl (C=O) groups excluding carboxylic acids is 2. The van der Waals surface area contributed by atoms with Crippen molar-refractivity contribution in [2.75, 3.05) is 20.5 Å². The second-order valence-corrected chi connectivity index (χ2v) is 6.83. The molecule has 0 radical (unpaired) electrons. The highest BCUT2D eigenvalue weighted by Gasteiger charge is 2.35. The molecule has 0 amide bonds. The molecule has 0 aliphatic rings. The van der Waals surface area contributed by atoms with Gasteiger partial charge in [-0.2, -0.15) is 12.8 Å². The van der Waals surface area contributed by atoms with Gasteiger partial charge in [0.25, 0.3) is 10.0 Å². The molecule has 0 heterocycles. The van der Waals surface area contributed by atoms with E-state index in [1.807, 2.05) is 6.92 Å². The average molecular weight is 359 g/mol. The Kier molecular flexibility index (Phi) is 6.77. The Morgan fingerprint density at radius 3 is 1.96 bits per heavy atom. The number of methoxy groups -OCH3 is 2. The SMILES string of the molecule is COC(=O)C(C(=O)OC)C(=NS(=O)(=O)c1ccc(C)cc1)SC. The highest BCUT2D eigenvalue weighted by Crippen LogP contribution is 2.20. The maximum absolute atomic E-state index is 12.3. The van der Waals surface area contributed by atoms with E-state index in [-0.39, 0.29) is 9.94 Å². The summed E-state index contributed by atoms with van der Waals surface area (Å²) in [7, 11) is -1.89. The Morgan fingerprint density at radius 2 is 1.57 bits per heavy atom. The molecule has 1 aromatic rings. The van der Waals surface area contributed by atoms with Gasteiger partial charge in [-0.1, -0.05) is 17.7 Å². The first-order valence-electron chi connectivity index (χ1n) is 6.38. The quantitative estimate of drug-likeness (QED) is 0.339. The molecular formula is C14H17NO6S2. The molecule has 0 saturated carbocycles. The van der Waals surface area contributed by atoms with Crippen LogP contribution in [0.2, 0.25) is 0 Å². The monoisotopic (exact) mass is 359 g/mol. The summed E-state index contributed by atoms with van der Waals surface area (Å²) in [4.78, 5) is 23.5. The van der Waals surface area contributed by atoms with Gasteiger partial charge in [0, 0.05) is 0 Å². The summed E-state index contributed by atoms with van der Waals surface area (Å²) in [6, 6.07) is 6.05. The van der Waals surface area contributed by atoms with Crippen LogP contribution in [0.4, 0.5) is 0 Å². The summed E-state index contributed by atoms with van der Waals surface area (Å²) in [5.74, 6) is -3.42. The fourth-order valence-corrected chi connectivity index (χ4v) is 3.57. The molecule has 23 heavy (non-hydrogen) atoms. The third-order valence-corrected chi connectivity index (χ3v) is 5.02. The fraction of sp³-hybridized carbons (Fsp3) is 0.357. The molecule has 1 aromatic carbocycles. The molecule has 0 aromatic heterocycles. The average Bonchev–Trinajstić information content (AvgIpc) is 2.53.